The summed E-state index contributed by atoms with van der Waals surface area (Å²) in [6, 6.07) is 8.21. The number of thiazole rings is 1. The zero-order valence-corrected chi connectivity index (χ0v) is 18.4. The Morgan fingerprint density at radius 2 is 2.00 bits per heavy atom. The van der Waals surface area contributed by atoms with Crippen LogP contribution in [0.5, 0.6) is 5.75 Å². The number of ether oxygens (including phenoxy) is 1. The Bertz CT molecular complexity index is 657. The minimum Gasteiger partial charge on any atom is -0.494 e. The molecule has 1 aromatic heterocycles. The van der Waals surface area contributed by atoms with Gasteiger partial charge in [-0.25, -0.2) is 9.98 Å². The summed E-state index contributed by atoms with van der Waals surface area (Å²) in [5.41, 5.74) is 4.16. The lowest BCUT2D eigenvalue weighted by Gasteiger charge is -2.22. The first-order valence-corrected chi connectivity index (χ1v) is 9.12. The highest BCUT2D eigenvalue weighted by Gasteiger charge is 2.08. The first-order chi connectivity index (χ1) is 11.6. The monoisotopic (exact) mass is 474 g/mol. The summed E-state index contributed by atoms with van der Waals surface area (Å²) in [6.45, 7) is 9.08. The molecule has 0 radical (unpaired) electrons. The standard InChI is InChI=1S/C18H26N4OS.HI/c1-5-19-18(20-11-17-14(3)21-13-24-17)22(4)12-15-7-9-16(10-8-15)23-6-2;/h7-10,13H,5-6,11-12H2,1-4H3,(H,19,20);1H. The van der Waals surface area contributed by atoms with Gasteiger partial charge in [-0.3, -0.25) is 0 Å². The number of nitrogens with zero attached hydrogens (tertiary/aromatic N) is 3. The van der Waals surface area contributed by atoms with Crippen molar-refractivity contribution in [1.29, 1.82) is 0 Å². The summed E-state index contributed by atoms with van der Waals surface area (Å²) in [7, 11) is 2.05. The molecule has 0 amide bonds. The Balaban J connectivity index is 0.00000312. The summed E-state index contributed by atoms with van der Waals surface area (Å²) in [4.78, 5) is 12.4. The maximum absolute atomic E-state index is 5.49. The maximum atomic E-state index is 5.49. The summed E-state index contributed by atoms with van der Waals surface area (Å²) in [5.74, 6) is 1.81. The fourth-order valence-electron chi connectivity index (χ4n) is 2.30. The molecule has 0 bridgehead atoms. The largest absolute Gasteiger partial charge is 0.494 e. The number of hydrogen-bond acceptors (Lipinski definition) is 4. The van der Waals surface area contributed by atoms with E-state index in [4.69, 9.17) is 9.73 Å². The Morgan fingerprint density at radius 3 is 2.56 bits per heavy atom. The van der Waals surface area contributed by atoms with E-state index in [1.54, 1.807) is 11.3 Å². The molecule has 1 N–H and O–H groups in total. The van der Waals surface area contributed by atoms with E-state index in [2.05, 4.69) is 41.3 Å². The third-order valence-corrected chi connectivity index (χ3v) is 4.49. The molecular weight excluding hydrogens is 447 g/mol. The minimum atomic E-state index is 0. The number of hydrogen-bond donors (Lipinski definition) is 1. The van der Waals surface area contributed by atoms with Crippen molar-refractivity contribution in [2.45, 2.75) is 33.9 Å². The van der Waals surface area contributed by atoms with Gasteiger partial charge in [-0.15, -0.1) is 35.3 Å². The van der Waals surface area contributed by atoms with Gasteiger partial charge in [-0.2, -0.15) is 0 Å². The Hall–Kier alpha value is -1.35. The molecule has 0 fully saturated rings. The second-order valence-corrected chi connectivity index (χ2v) is 6.40. The summed E-state index contributed by atoms with van der Waals surface area (Å²) >= 11 is 1.65. The van der Waals surface area contributed by atoms with Crippen molar-refractivity contribution < 1.29 is 4.74 Å². The number of aliphatic imine (C=N–C) groups is 1. The van der Waals surface area contributed by atoms with E-state index < -0.39 is 0 Å². The first kappa shape index (κ1) is 21.7. The van der Waals surface area contributed by atoms with Crippen molar-refractivity contribution >= 4 is 41.3 Å². The van der Waals surface area contributed by atoms with Crippen LogP contribution in [0.25, 0.3) is 0 Å². The number of aryl methyl sites for hydroxylation is 1. The molecule has 0 aliphatic heterocycles. The molecule has 0 aliphatic rings. The molecule has 25 heavy (non-hydrogen) atoms. The fraction of sp³-hybridized carbons (Fsp3) is 0.444. The van der Waals surface area contributed by atoms with Gasteiger partial charge in [0.15, 0.2) is 5.96 Å². The van der Waals surface area contributed by atoms with Crippen LogP contribution < -0.4 is 10.1 Å². The van der Waals surface area contributed by atoms with Crippen LogP contribution in [0.4, 0.5) is 0 Å². The Morgan fingerprint density at radius 1 is 1.28 bits per heavy atom. The number of halogens is 1. The highest BCUT2D eigenvalue weighted by molar-refractivity contribution is 14.0. The summed E-state index contributed by atoms with van der Waals surface area (Å²) < 4.78 is 5.49. The quantitative estimate of drug-likeness (QED) is 0.374. The molecule has 0 saturated heterocycles. The van der Waals surface area contributed by atoms with Crippen LogP contribution in [-0.2, 0) is 13.1 Å². The van der Waals surface area contributed by atoms with Crippen molar-refractivity contribution in [1.82, 2.24) is 15.2 Å². The van der Waals surface area contributed by atoms with Crippen molar-refractivity contribution in [3.8, 4) is 5.75 Å². The fourth-order valence-corrected chi connectivity index (χ4v) is 3.00. The van der Waals surface area contributed by atoms with Crippen LogP contribution in [0.15, 0.2) is 34.8 Å². The van der Waals surface area contributed by atoms with E-state index in [0.29, 0.717) is 13.2 Å². The number of benzene rings is 1. The second-order valence-electron chi connectivity index (χ2n) is 5.46. The molecule has 0 aliphatic carbocycles. The van der Waals surface area contributed by atoms with Crippen molar-refractivity contribution in [2.24, 2.45) is 4.99 Å². The number of guanidine groups is 1. The molecule has 0 saturated carbocycles. The molecule has 5 nitrogen and oxygen atoms in total. The topological polar surface area (TPSA) is 49.8 Å². The third kappa shape index (κ3) is 6.81. The van der Waals surface area contributed by atoms with Gasteiger partial charge in [0.05, 0.1) is 24.4 Å². The van der Waals surface area contributed by atoms with E-state index in [1.165, 1.54) is 10.4 Å². The molecule has 2 rings (SSSR count). The first-order valence-electron chi connectivity index (χ1n) is 8.24. The predicted molar refractivity (Wildman–Crippen MR) is 116 cm³/mol. The van der Waals surface area contributed by atoms with Gasteiger partial charge in [0.2, 0.25) is 0 Å². The molecule has 138 valence electrons. The number of aromatic nitrogens is 1. The normalized spacial score (nSPS) is 11.0. The lowest BCUT2D eigenvalue weighted by atomic mass is 10.2. The van der Waals surface area contributed by atoms with Crippen LogP contribution in [0, 0.1) is 6.92 Å². The molecule has 1 heterocycles. The predicted octanol–water partition coefficient (Wildman–Crippen LogP) is 4.07. The molecule has 0 spiro atoms. The maximum Gasteiger partial charge on any atom is 0.194 e. The van der Waals surface area contributed by atoms with Gasteiger partial charge < -0.3 is 15.0 Å². The number of nitrogens with one attached hydrogen (secondary N) is 1. The van der Waals surface area contributed by atoms with Gasteiger partial charge in [-0.1, -0.05) is 12.1 Å². The van der Waals surface area contributed by atoms with Crippen molar-refractivity contribution in [2.75, 3.05) is 20.2 Å². The van der Waals surface area contributed by atoms with E-state index >= 15 is 0 Å². The smallest absolute Gasteiger partial charge is 0.194 e. The molecular formula is C18H27IN4OS. The van der Waals surface area contributed by atoms with Gasteiger partial charge in [0.25, 0.3) is 0 Å². The lowest BCUT2D eigenvalue weighted by molar-refractivity contribution is 0.340. The molecule has 2 aromatic rings. The Kier molecular flexibility index (Phi) is 9.81. The molecule has 7 heteroatoms. The highest BCUT2D eigenvalue weighted by atomic mass is 127. The van der Waals surface area contributed by atoms with Gasteiger partial charge in [-0.05, 0) is 38.5 Å². The van der Waals surface area contributed by atoms with Gasteiger partial charge in [0, 0.05) is 25.0 Å². The summed E-state index contributed by atoms with van der Waals surface area (Å²) in [6.07, 6.45) is 0. The van der Waals surface area contributed by atoms with E-state index in [-0.39, 0.29) is 24.0 Å². The zero-order chi connectivity index (χ0) is 17.4. The van der Waals surface area contributed by atoms with E-state index in [0.717, 1.165) is 30.5 Å². The second kappa shape index (κ2) is 11.3. The minimum absolute atomic E-state index is 0. The van der Waals surface area contributed by atoms with Crippen LogP contribution in [0.3, 0.4) is 0 Å². The van der Waals surface area contributed by atoms with E-state index in [9.17, 15) is 0 Å². The van der Waals surface area contributed by atoms with Crippen LogP contribution in [0.2, 0.25) is 0 Å². The highest BCUT2D eigenvalue weighted by Crippen LogP contribution is 2.15. The van der Waals surface area contributed by atoms with Crippen LogP contribution >= 0.6 is 35.3 Å². The lowest BCUT2D eigenvalue weighted by Crippen LogP contribution is -2.38. The SMILES string of the molecule is CCNC(=NCc1scnc1C)N(C)Cc1ccc(OCC)cc1.I. The average molecular weight is 474 g/mol. The third-order valence-electron chi connectivity index (χ3n) is 3.57. The van der Waals surface area contributed by atoms with Gasteiger partial charge in [0.1, 0.15) is 5.75 Å². The summed E-state index contributed by atoms with van der Waals surface area (Å²) in [5, 5.41) is 3.35. The molecule has 0 unspecified atom stereocenters. The molecule has 1 aromatic carbocycles. The molecule has 0 atom stereocenters. The Labute approximate surface area is 171 Å². The number of rotatable bonds is 7. The zero-order valence-electron chi connectivity index (χ0n) is 15.3. The van der Waals surface area contributed by atoms with Crippen molar-refractivity contribution in [3.63, 3.8) is 0 Å². The average Bonchev–Trinajstić information content (AvgIpc) is 2.98. The van der Waals surface area contributed by atoms with Crippen LogP contribution in [-0.4, -0.2) is 36.0 Å². The van der Waals surface area contributed by atoms with Gasteiger partial charge >= 0.3 is 0 Å². The van der Waals surface area contributed by atoms with E-state index in [1.807, 2.05) is 31.5 Å². The van der Waals surface area contributed by atoms with Crippen molar-refractivity contribution in [3.05, 3.63) is 45.9 Å². The van der Waals surface area contributed by atoms with Crippen LogP contribution in [0.1, 0.15) is 30.0 Å².